The monoisotopic (exact) mass is 301 g/mol. The zero-order valence-electron chi connectivity index (χ0n) is 11.6. The van der Waals surface area contributed by atoms with Gasteiger partial charge in [0, 0.05) is 13.1 Å². The molecular weight excluding hydrogens is 284 g/mol. The molecule has 1 heterocycles. The van der Waals surface area contributed by atoms with Gasteiger partial charge in [0.1, 0.15) is 5.75 Å². The van der Waals surface area contributed by atoms with Crippen LogP contribution in [0.4, 0.5) is 8.78 Å². The van der Waals surface area contributed by atoms with E-state index in [1.807, 2.05) is 0 Å². The molecule has 2 rings (SSSR count). The molecule has 1 aromatic carbocycles. The lowest BCUT2D eigenvalue weighted by atomic mass is 10.0. The summed E-state index contributed by atoms with van der Waals surface area (Å²) >= 11 is 0. The van der Waals surface area contributed by atoms with Crippen LogP contribution in [-0.2, 0) is 9.53 Å². The predicted octanol–water partition coefficient (Wildman–Crippen LogP) is 1.22. The number of ether oxygens (including phenoxy) is 2. The second-order valence-electron chi connectivity index (χ2n) is 4.70. The summed E-state index contributed by atoms with van der Waals surface area (Å²) in [6, 6.07) is 5.52. The lowest BCUT2D eigenvalue weighted by Gasteiger charge is -2.32. The molecule has 1 atom stereocenters. The van der Waals surface area contributed by atoms with Crippen molar-refractivity contribution in [2.45, 2.75) is 12.0 Å². The highest BCUT2D eigenvalue weighted by atomic mass is 19.3. The Morgan fingerprint density at radius 2 is 1.90 bits per heavy atom. The van der Waals surface area contributed by atoms with Crippen LogP contribution in [0.1, 0.15) is 11.7 Å². The molecular formula is C14H17F2NO4. The molecule has 0 saturated carbocycles. The van der Waals surface area contributed by atoms with Gasteiger partial charge in [-0.25, -0.2) is 0 Å². The van der Waals surface area contributed by atoms with Gasteiger partial charge in [-0.3, -0.25) is 4.79 Å². The molecule has 0 bridgehead atoms. The van der Waals surface area contributed by atoms with Gasteiger partial charge in [0.05, 0.1) is 20.3 Å². The van der Waals surface area contributed by atoms with Crippen molar-refractivity contribution in [1.29, 1.82) is 0 Å². The molecule has 1 aromatic rings. The predicted molar refractivity (Wildman–Crippen MR) is 70.3 cm³/mol. The number of aliphatic hydroxyl groups is 1. The number of nitrogens with zero attached hydrogens (tertiary/aromatic N) is 1. The molecule has 1 aliphatic rings. The van der Waals surface area contributed by atoms with Crippen molar-refractivity contribution in [3.63, 3.8) is 0 Å². The van der Waals surface area contributed by atoms with Crippen LogP contribution in [0, 0.1) is 0 Å². The van der Waals surface area contributed by atoms with Crippen molar-refractivity contribution < 1.29 is 28.2 Å². The molecule has 1 N–H and O–H groups in total. The minimum atomic E-state index is -3.88. The average molecular weight is 301 g/mol. The molecule has 1 fully saturated rings. The van der Waals surface area contributed by atoms with Crippen molar-refractivity contribution in [1.82, 2.24) is 4.90 Å². The summed E-state index contributed by atoms with van der Waals surface area (Å²) < 4.78 is 38.2. The highest BCUT2D eigenvalue weighted by Crippen LogP contribution is 2.34. The summed E-state index contributed by atoms with van der Waals surface area (Å²) in [7, 11) is 1.45. The molecule has 0 radical (unpaired) electrons. The molecule has 1 unspecified atom stereocenters. The maximum Gasteiger partial charge on any atom is 0.353 e. The fourth-order valence-corrected chi connectivity index (χ4v) is 2.09. The van der Waals surface area contributed by atoms with Gasteiger partial charge in [0.15, 0.2) is 6.10 Å². The third-order valence-corrected chi connectivity index (χ3v) is 3.36. The zero-order chi connectivity index (χ0) is 15.5. The number of alkyl halides is 2. The number of methoxy groups -OCH3 is 1. The van der Waals surface area contributed by atoms with E-state index in [1.54, 1.807) is 0 Å². The van der Waals surface area contributed by atoms with E-state index in [0.29, 0.717) is 5.75 Å². The fourth-order valence-electron chi connectivity index (χ4n) is 2.09. The molecule has 1 aliphatic heterocycles. The number of aliphatic hydroxyl groups excluding tert-OH is 1. The van der Waals surface area contributed by atoms with Crippen LogP contribution < -0.4 is 4.74 Å². The van der Waals surface area contributed by atoms with E-state index in [4.69, 9.17) is 9.47 Å². The Labute approximate surface area is 121 Å². The number of rotatable bonds is 4. The first-order chi connectivity index (χ1) is 9.96. The van der Waals surface area contributed by atoms with E-state index in [-0.39, 0.29) is 31.9 Å². The summed E-state index contributed by atoms with van der Waals surface area (Å²) in [5.74, 6) is -4.78. The van der Waals surface area contributed by atoms with Crippen LogP contribution in [0.3, 0.4) is 0 Å². The number of carbonyl (C=O) groups is 1. The third-order valence-electron chi connectivity index (χ3n) is 3.36. The van der Waals surface area contributed by atoms with Crippen LogP contribution in [0.5, 0.6) is 5.75 Å². The first-order valence-electron chi connectivity index (χ1n) is 6.53. The van der Waals surface area contributed by atoms with Gasteiger partial charge in [-0.05, 0) is 17.7 Å². The number of amides is 1. The smallest absolute Gasteiger partial charge is 0.353 e. The Morgan fingerprint density at radius 3 is 2.43 bits per heavy atom. The zero-order valence-corrected chi connectivity index (χ0v) is 11.6. The summed E-state index contributed by atoms with van der Waals surface area (Å²) in [4.78, 5) is 12.9. The second-order valence-corrected chi connectivity index (χ2v) is 4.70. The minimum Gasteiger partial charge on any atom is -0.497 e. The van der Waals surface area contributed by atoms with Crippen LogP contribution in [0.2, 0.25) is 0 Å². The Morgan fingerprint density at radius 1 is 1.33 bits per heavy atom. The quantitative estimate of drug-likeness (QED) is 0.908. The molecule has 5 nitrogen and oxygen atoms in total. The Kier molecular flexibility index (Phi) is 4.74. The molecule has 1 amide bonds. The lowest BCUT2D eigenvalue weighted by Crippen LogP contribution is -2.51. The van der Waals surface area contributed by atoms with Gasteiger partial charge in [0.2, 0.25) is 0 Å². The first kappa shape index (κ1) is 15.7. The van der Waals surface area contributed by atoms with Crippen LogP contribution in [0.15, 0.2) is 24.3 Å². The maximum absolute atomic E-state index is 14.2. The standard InChI is InChI=1S/C14H17F2NO4/c1-20-11-4-2-10(3-5-11)12(18)14(15,16)13(19)17-6-8-21-9-7-17/h2-5,12,18H,6-9H2,1H3. The fraction of sp³-hybridized carbons (Fsp3) is 0.500. The largest absolute Gasteiger partial charge is 0.497 e. The Hall–Kier alpha value is -1.73. The molecule has 0 aliphatic carbocycles. The van der Waals surface area contributed by atoms with Crippen LogP contribution in [0.25, 0.3) is 0 Å². The third kappa shape index (κ3) is 3.30. The van der Waals surface area contributed by atoms with Gasteiger partial charge >= 0.3 is 5.92 Å². The summed E-state index contributed by atoms with van der Waals surface area (Å²) in [5, 5.41) is 9.84. The Balaban J connectivity index is 2.14. The van der Waals surface area contributed by atoms with E-state index in [0.717, 1.165) is 4.90 Å². The van der Waals surface area contributed by atoms with Crippen LogP contribution in [-0.4, -0.2) is 55.2 Å². The number of carbonyl (C=O) groups excluding carboxylic acids is 1. The van der Waals surface area contributed by atoms with E-state index >= 15 is 0 Å². The number of benzene rings is 1. The Bertz CT molecular complexity index is 486. The number of halogens is 2. The first-order valence-corrected chi connectivity index (χ1v) is 6.53. The van der Waals surface area contributed by atoms with Crippen molar-refractivity contribution in [3.05, 3.63) is 29.8 Å². The van der Waals surface area contributed by atoms with E-state index in [9.17, 15) is 18.7 Å². The lowest BCUT2D eigenvalue weighted by molar-refractivity contribution is -0.179. The van der Waals surface area contributed by atoms with E-state index in [1.165, 1.54) is 31.4 Å². The molecule has 7 heteroatoms. The van der Waals surface area contributed by atoms with E-state index in [2.05, 4.69) is 0 Å². The molecule has 1 saturated heterocycles. The molecule has 21 heavy (non-hydrogen) atoms. The molecule has 0 aromatic heterocycles. The summed E-state index contributed by atoms with van der Waals surface area (Å²) in [5.41, 5.74) is -0.0394. The van der Waals surface area contributed by atoms with Gasteiger partial charge in [0.25, 0.3) is 5.91 Å². The van der Waals surface area contributed by atoms with Crippen molar-refractivity contribution in [3.8, 4) is 5.75 Å². The number of hydrogen-bond donors (Lipinski definition) is 1. The van der Waals surface area contributed by atoms with Gasteiger partial charge in [-0.2, -0.15) is 8.78 Å². The summed E-state index contributed by atoms with van der Waals surface area (Å²) in [6.07, 6.45) is -2.20. The van der Waals surface area contributed by atoms with Gasteiger partial charge < -0.3 is 19.5 Å². The van der Waals surface area contributed by atoms with Crippen molar-refractivity contribution in [2.75, 3.05) is 33.4 Å². The minimum absolute atomic E-state index is 0.0394. The molecule has 0 spiro atoms. The second kappa shape index (κ2) is 6.36. The van der Waals surface area contributed by atoms with Crippen molar-refractivity contribution in [2.24, 2.45) is 0 Å². The normalized spacial score (nSPS) is 17.4. The van der Waals surface area contributed by atoms with Crippen molar-refractivity contribution >= 4 is 5.91 Å². The van der Waals surface area contributed by atoms with Gasteiger partial charge in [-0.15, -0.1) is 0 Å². The molecule has 116 valence electrons. The summed E-state index contributed by atoms with van der Waals surface area (Å²) in [6.45, 7) is 0.647. The average Bonchev–Trinajstić information content (AvgIpc) is 2.54. The highest BCUT2D eigenvalue weighted by Gasteiger charge is 2.49. The van der Waals surface area contributed by atoms with E-state index < -0.39 is 17.9 Å². The maximum atomic E-state index is 14.2. The topological polar surface area (TPSA) is 59.0 Å². The number of hydrogen-bond acceptors (Lipinski definition) is 4. The van der Waals surface area contributed by atoms with Crippen LogP contribution >= 0.6 is 0 Å². The SMILES string of the molecule is COc1ccc(C(O)C(F)(F)C(=O)N2CCOCC2)cc1. The highest BCUT2D eigenvalue weighted by molar-refractivity contribution is 5.84. The number of morpholine rings is 1. The van der Waals surface area contributed by atoms with Gasteiger partial charge in [-0.1, -0.05) is 12.1 Å².